The largest absolute Gasteiger partial charge is 0.456 e. The summed E-state index contributed by atoms with van der Waals surface area (Å²) in [6.45, 7) is 7.41. The number of nitro benzene ring substituents is 1. The smallest absolute Gasteiger partial charge is 0.338 e. The van der Waals surface area contributed by atoms with Crippen LogP contribution in [0.5, 0.6) is 0 Å². The maximum absolute atomic E-state index is 12.2. The number of aromatic nitrogens is 1. The summed E-state index contributed by atoms with van der Waals surface area (Å²) in [4.78, 5) is 27.7. The molecule has 0 aliphatic rings. The average Bonchev–Trinajstić information content (AvgIpc) is 2.79. The van der Waals surface area contributed by atoms with E-state index in [2.05, 4.69) is 11.1 Å². The van der Waals surface area contributed by atoms with E-state index >= 15 is 0 Å². The van der Waals surface area contributed by atoms with Gasteiger partial charge in [0.1, 0.15) is 16.7 Å². The molecule has 0 saturated carbocycles. The SMILES string of the molecule is CC(=Cc1cnc(Sc2ccc([N+](=O)[O-])cc2)c(C#N)c1)c1ccc(C(=O)OC(C)(C)C)cc1. The lowest BCUT2D eigenvalue weighted by molar-refractivity contribution is -0.384. The molecule has 1 aromatic heterocycles. The molecule has 0 amide bonds. The Morgan fingerprint density at radius 3 is 2.29 bits per heavy atom. The number of rotatable bonds is 6. The molecule has 3 aromatic rings. The number of nitrogens with zero attached hydrogens (tertiary/aromatic N) is 3. The summed E-state index contributed by atoms with van der Waals surface area (Å²) >= 11 is 1.27. The third-order valence-electron chi connectivity index (χ3n) is 4.61. The quantitative estimate of drug-likeness (QED) is 0.228. The van der Waals surface area contributed by atoms with Crippen LogP contribution in [0, 0.1) is 21.4 Å². The molecule has 0 aliphatic heterocycles. The molecule has 2 aromatic carbocycles. The second-order valence-electron chi connectivity index (χ2n) is 8.49. The lowest BCUT2D eigenvalue weighted by Gasteiger charge is -2.19. The van der Waals surface area contributed by atoms with Crippen LogP contribution in [0.4, 0.5) is 5.69 Å². The van der Waals surface area contributed by atoms with E-state index in [1.165, 1.54) is 23.9 Å². The van der Waals surface area contributed by atoms with Gasteiger partial charge in [0.25, 0.3) is 5.69 Å². The Labute approximate surface area is 202 Å². The maximum atomic E-state index is 12.2. The van der Waals surface area contributed by atoms with Crippen LogP contribution in [0.3, 0.4) is 0 Å². The fraction of sp³-hybridized carbons (Fsp3) is 0.192. The Morgan fingerprint density at radius 2 is 1.74 bits per heavy atom. The fourth-order valence-corrected chi connectivity index (χ4v) is 3.81. The maximum Gasteiger partial charge on any atom is 0.338 e. The first-order valence-electron chi connectivity index (χ1n) is 10.4. The van der Waals surface area contributed by atoms with Gasteiger partial charge in [-0.05, 0) is 80.8 Å². The van der Waals surface area contributed by atoms with Crippen molar-refractivity contribution in [1.82, 2.24) is 4.98 Å². The molecule has 0 bridgehead atoms. The summed E-state index contributed by atoms with van der Waals surface area (Å²) in [5, 5.41) is 20.9. The van der Waals surface area contributed by atoms with E-state index in [1.54, 1.807) is 36.5 Å². The molecule has 0 atom stereocenters. The van der Waals surface area contributed by atoms with Crippen LogP contribution in [0.25, 0.3) is 11.6 Å². The van der Waals surface area contributed by atoms with E-state index in [-0.39, 0.29) is 11.7 Å². The molecule has 172 valence electrons. The number of ether oxygens (including phenoxy) is 1. The normalized spacial score (nSPS) is 11.6. The molecule has 7 nitrogen and oxygen atoms in total. The highest BCUT2D eigenvalue weighted by Crippen LogP contribution is 2.31. The third kappa shape index (κ3) is 6.53. The molecule has 0 saturated heterocycles. The van der Waals surface area contributed by atoms with Gasteiger partial charge in [0.15, 0.2) is 0 Å². The number of esters is 1. The standard InChI is InChI=1S/C26H23N3O4S/c1-17(19-5-7-20(8-6-19)25(30)33-26(2,3)4)13-18-14-21(15-27)24(28-16-18)34-23-11-9-22(10-12-23)29(31)32/h5-14,16H,1-4H3. The number of hydrogen-bond donors (Lipinski definition) is 0. The fourth-order valence-electron chi connectivity index (χ4n) is 3.00. The monoisotopic (exact) mass is 473 g/mol. The first-order valence-corrected chi connectivity index (χ1v) is 11.2. The molecule has 1 heterocycles. The Bertz CT molecular complexity index is 1290. The van der Waals surface area contributed by atoms with Crippen molar-refractivity contribution in [3.8, 4) is 6.07 Å². The van der Waals surface area contributed by atoms with Gasteiger partial charge in [-0.1, -0.05) is 23.9 Å². The molecule has 3 rings (SSSR count). The van der Waals surface area contributed by atoms with Crippen molar-refractivity contribution in [1.29, 1.82) is 5.26 Å². The minimum atomic E-state index is -0.556. The summed E-state index contributed by atoms with van der Waals surface area (Å²) in [6.07, 6.45) is 3.59. The highest BCUT2D eigenvalue weighted by Gasteiger charge is 2.17. The van der Waals surface area contributed by atoms with Gasteiger partial charge in [0.05, 0.1) is 16.1 Å². The average molecular weight is 474 g/mol. The topological polar surface area (TPSA) is 106 Å². The van der Waals surface area contributed by atoms with Crippen molar-refractivity contribution < 1.29 is 14.5 Å². The number of non-ortho nitro benzene ring substituents is 1. The predicted molar refractivity (Wildman–Crippen MR) is 131 cm³/mol. The number of hydrogen-bond acceptors (Lipinski definition) is 7. The van der Waals surface area contributed by atoms with E-state index in [9.17, 15) is 20.2 Å². The van der Waals surface area contributed by atoms with Gasteiger partial charge in [-0.3, -0.25) is 10.1 Å². The molecular formula is C26H23N3O4S. The molecular weight excluding hydrogens is 450 g/mol. The number of pyridine rings is 1. The number of nitriles is 1. The van der Waals surface area contributed by atoms with Crippen LogP contribution in [0.1, 0.15) is 54.7 Å². The van der Waals surface area contributed by atoms with E-state index in [4.69, 9.17) is 4.74 Å². The minimum Gasteiger partial charge on any atom is -0.456 e. The highest BCUT2D eigenvalue weighted by atomic mass is 32.2. The van der Waals surface area contributed by atoms with Gasteiger partial charge in [-0.2, -0.15) is 5.26 Å². The van der Waals surface area contributed by atoms with Crippen molar-refractivity contribution in [2.75, 3.05) is 0 Å². The zero-order valence-electron chi connectivity index (χ0n) is 19.2. The van der Waals surface area contributed by atoms with Crippen molar-refractivity contribution >= 4 is 35.1 Å². The predicted octanol–water partition coefficient (Wildman–Crippen LogP) is 6.53. The lowest BCUT2D eigenvalue weighted by atomic mass is 10.0. The number of benzene rings is 2. The van der Waals surface area contributed by atoms with Gasteiger partial charge in [-0.25, -0.2) is 9.78 Å². The van der Waals surface area contributed by atoms with Crippen LogP contribution in [0.2, 0.25) is 0 Å². The second-order valence-corrected chi connectivity index (χ2v) is 9.56. The Kier molecular flexibility index (Phi) is 7.49. The van der Waals surface area contributed by atoms with Gasteiger partial charge >= 0.3 is 5.97 Å². The number of allylic oxidation sites excluding steroid dienone is 1. The van der Waals surface area contributed by atoms with E-state index in [1.807, 2.05) is 45.9 Å². The molecule has 0 spiro atoms. The van der Waals surface area contributed by atoms with Gasteiger partial charge in [0, 0.05) is 23.2 Å². The van der Waals surface area contributed by atoms with Crippen LogP contribution in [0.15, 0.2) is 70.7 Å². The van der Waals surface area contributed by atoms with Crippen molar-refractivity contribution in [2.45, 2.75) is 43.2 Å². The van der Waals surface area contributed by atoms with E-state index < -0.39 is 10.5 Å². The molecule has 34 heavy (non-hydrogen) atoms. The first-order chi connectivity index (χ1) is 16.1. The zero-order valence-corrected chi connectivity index (χ0v) is 20.1. The van der Waals surface area contributed by atoms with E-state index in [0.29, 0.717) is 16.2 Å². The number of carbonyl (C=O) groups is 1. The van der Waals surface area contributed by atoms with Crippen LogP contribution >= 0.6 is 11.8 Å². The van der Waals surface area contributed by atoms with Crippen molar-refractivity contribution in [3.63, 3.8) is 0 Å². The second kappa shape index (κ2) is 10.3. The van der Waals surface area contributed by atoms with Gasteiger partial charge in [0.2, 0.25) is 0 Å². The Hall–Kier alpha value is -3.96. The van der Waals surface area contributed by atoms with Crippen LogP contribution in [-0.4, -0.2) is 21.5 Å². The number of carbonyl (C=O) groups excluding carboxylic acids is 1. The summed E-state index contributed by atoms with van der Waals surface area (Å²) in [5.74, 6) is -0.371. The molecule has 0 unspecified atom stereocenters. The van der Waals surface area contributed by atoms with Gasteiger partial charge < -0.3 is 4.74 Å². The minimum absolute atomic E-state index is 0.00732. The Balaban J connectivity index is 1.77. The van der Waals surface area contributed by atoms with Crippen LogP contribution < -0.4 is 0 Å². The van der Waals surface area contributed by atoms with Crippen LogP contribution in [-0.2, 0) is 4.74 Å². The molecule has 0 aliphatic carbocycles. The zero-order chi connectivity index (χ0) is 24.9. The summed E-state index contributed by atoms with van der Waals surface area (Å²) in [7, 11) is 0. The van der Waals surface area contributed by atoms with E-state index in [0.717, 1.165) is 21.6 Å². The molecule has 0 radical (unpaired) electrons. The van der Waals surface area contributed by atoms with Crippen molar-refractivity contribution in [3.05, 3.63) is 93.2 Å². The van der Waals surface area contributed by atoms with Gasteiger partial charge in [-0.15, -0.1) is 0 Å². The third-order valence-corrected chi connectivity index (χ3v) is 5.64. The first kappa shape index (κ1) is 24.7. The molecule has 8 heteroatoms. The molecule has 0 fully saturated rings. The van der Waals surface area contributed by atoms with Crippen molar-refractivity contribution in [2.24, 2.45) is 0 Å². The number of nitro groups is 1. The summed E-state index contributed by atoms with van der Waals surface area (Å²) in [5.41, 5.74) is 2.97. The molecule has 0 N–H and O–H groups in total. The summed E-state index contributed by atoms with van der Waals surface area (Å²) in [6, 6.07) is 17.2. The summed E-state index contributed by atoms with van der Waals surface area (Å²) < 4.78 is 5.39. The Morgan fingerprint density at radius 1 is 1.12 bits per heavy atom. The highest BCUT2D eigenvalue weighted by molar-refractivity contribution is 7.99. The lowest BCUT2D eigenvalue weighted by Crippen LogP contribution is -2.23.